The van der Waals surface area contributed by atoms with Crippen molar-refractivity contribution in [1.29, 1.82) is 0 Å². The van der Waals surface area contributed by atoms with Gasteiger partial charge in [0.05, 0.1) is 7.11 Å². The number of nitrogens with zero attached hydrogens (tertiary/aromatic N) is 4. The molecular formula is C12H15N5O3. The fraction of sp³-hybridized carbons (Fsp3) is 0.500. The van der Waals surface area contributed by atoms with E-state index < -0.39 is 5.54 Å². The lowest BCUT2D eigenvalue weighted by Gasteiger charge is -2.29. The molecule has 0 spiro atoms. The van der Waals surface area contributed by atoms with Crippen LogP contribution in [0.3, 0.4) is 0 Å². The lowest BCUT2D eigenvalue weighted by Crippen LogP contribution is -2.42. The van der Waals surface area contributed by atoms with Crippen molar-refractivity contribution >= 4 is 0 Å². The third-order valence-corrected chi connectivity index (χ3v) is 3.32. The van der Waals surface area contributed by atoms with Gasteiger partial charge in [-0.1, -0.05) is 5.16 Å². The van der Waals surface area contributed by atoms with Gasteiger partial charge in [-0.25, -0.2) is 9.97 Å². The van der Waals surface area contributed by atoms with Crippen molar-refractivity contribution in [3.8, 4) is 17.4 Å². The summed E-state index contributed by atoms with van der Waals surface area (Å²) < 4.78 is 15.6. The largest absolute Gasteiger partial charge is 0.481 e. The Morgan fingerprint density at radius 2 is 2.10 bits per heavy atom. The molecule has 20 heavy (non-hydrogen) atoms. The minimum absolute atomic E-state index is 0.372. The molecule has 2 aromatic heterocycles. The molecule has 1 fully saturated rings. The van der Waals surface area contributed by atoms with Crippen LogP contribution in [0.2, 0.25) is 0 Å². The van der Waals surface area contributed by atoms with Gasteiger partial charge in [-0.05, 0) is 12.8 Å². The van der Waals surface area contributed by atoms with Crippen molar-refractivity contribution < 1.29 is 14.0 Å². The molecule has 3 heterocycles. The Morgan fingerprint density at radius 1 is 1.30 bits per heavy atom. The van der Waals surface area contributed by atoms with Gasteiger partial charge >= 0.3 is 0 Å². The van der Waals surface area contributed by atoms with Crippen molar-refractivity contribution in [3.63, 3.8) is 0 Å². The standard InChI is InChI=1S/C12H15N5O3/c1-18-9-6-8(14-7-15-9)10-16-11(20-17-10)12(13)2-4-19-5-3-12/h6-7H,2-5,13H2,1H3. The van der Waals surface area contributed by atoms with Crippen LogP contribution in [-0.4, -0.2) is 40.4 Å². The minimum atomic E-state index is -0.624. The van der Waals surface area contributed by atoms with E-state index in [2.05, 4.69) is 20.1 Å². The summed E-state index contributed by atoms with van der Waals surface area (Å²) in [6.07, 6.45) is 2.69. The normalized spacial score (nSPS) is 17.9. The number of rotatable bonds is 3. The first kappa shape index (κ1) is 12.9. The van der Waals surface area contributed by atoms with Crippen molar-refractivity contribution in [1.82, 2.24) is 20.1 Å². The molecule has 0 atom stereocenters. The van der Waals surface area contributed by atoms with E-state index in [0.29, 0.717) is 49.3 Å². The van der Waals surface area contributed by atoms with Crippen LogP contribution in [0.25, 0.3) is 11.5 Å². The van der Waals surface area contributed by atoms with Gasteiger partial charge in [0.25, 0.3) is 0 Å². The van der Waals surface area contributed by atoms with Crippen molar-refractivity contribution in [2.45, 2.75) is 18.4 Å². The summed E-state index contributed by atoms with van der Waals surface area (Å²) in [5.74, 6) is 1.22. The topological polar surface area (TPSA) is 109 Å². The predicted octanol–water partition coefficient (Wildman–Crippen LogP) is 0.500. The fourth-order valence-electron chi connectivity index (χ4n) is 2.05. The third kappa shape index (κ3) is 2.35. The van der Waals surface area contributed by atoms with Crippen LogP contribution >= 0.6 is 0 Å². The molecule has 8 heteroatoms. The van der Waals surface area contributed by atoms with Gasteiger partial charge in [0.1, 0.15) is 17.6 Å². The van der Waals surface area contributed by atoms with Gasteiger partial charge in [0.2, 0.25) is 17.6 Å². The monoisotopic (exact) mass is 277 g/mol. The third-order valence-electron chi connectivity index (χ3n) is 3.32. The van der Waals surface area contributed by atoms with E-state index in [1.807, 2.05) is 0 Å². The van der Waals surface area contributed by atoms with Crippen LogP contribution in [0.1, 0.15) is 18.7 Å². The maximum Gasteiger partial charge on any atom is 0.247 e. The smallest absolute Gasteiger partial charge is 0.247 e. The highest BCUT2D eigenvalue weighted by Crippen LogP contribution is 2.29. The second kappa shape index (κ2) is 5.14. The van der Waals surface area contributed by atoms with Crippen molar-refractivity contribution in [2.75, 3.05) is 20.3 Å². The molecule has 2 N–H and O–H groups in total. The van der Waals surface area contributed by atoms with Gasteiger partial charge in [0.15, 0.2) is 0 Å². The molecule has 3 rings (SSSR count). The molecule has 0 unspecified atom stereocenters. The molecule has 1 aliphatic rings. The van der Waals surface area contributed by atoms with E-state index in [9.17, 15) is 0 Å². The van der Waals surface area contributed by atoms with Crippen LogP contribution in [0.15, 0.2) is 16.9 Å². The Labute approximate surface area is 115 Å². The Bertz CT molecular complexity index is 594. The van der Waals surface area contributed by atoms with E-state index in [1.165, 1.54) is 13.4 Å². The lowest BCUT2D eigenvalue weighted by atomic mass is 9.91. The zero-order chi connectivity index (χ0) is 14.0. The first-order valence-electron chi connectivity index (χ1n) is 6.28. The Morgan fingerprint density at radius 3 is 2.85 bits per heavy atom. The molecule has 0 radical (unpaired) electrons. The molecule has 0 aromatic carbocycles. The minimum Gasteiger partial charge on any atom is -0.481 e. The van der Waals surface area contributed by atoms with E-state index in [-0.39, 0.29) is 0 Å². The van der Waals surface area contributed by atoms with Crippen LogP contribution in [-0.2, 0) is 10.3 Å². The summed E-state index contributed by atoms with van der Waals surface area (Å²) in [7, 11) is 1.53. The highest BCUT2D eigenvalue weighted by Gasteiger charge is 2.36. The highest BCUT2D eigenvalue weighted by molar-refractivity contribution is 5.49. The van der Waals surface area contributed by atoms with E-state index in [1.54, 1.807) is 6.07 Å². The molecule has 0 aliphatic carbocycles. The molecule has 106 valence electrons. The SMILES string of the molecule is COc1cc(-c2noc(C3(N)CCOCC3)n2)ncn1. The van der Waals surface area contributed by atoms with Gasteiger partial charge < -0.3 is 19.7 Å². The lowest BCUT2D eigenvalue weighted by molar-refractivity contribution is 0.0400. The summed E-state index contributed by atoms with van der Waals surface area (Å²) in [6, 6.07) is 1.64. The summed E-state index contributed by atoms with van der Waals surface area (Å²) in [5, 5.41) is 3.93. The van der Waals surface area contributed by atoms with Gasteiger partial charge in [-0.2, -0.15) is 4.98 Å². The van der Waals surface area contributed by atoms with Crippen LogP contribution in [0, 0.1) is 0 Å². The maximum atomic E-state index is 6.29. The quantitative estimate of drug-likeness (QED) is 0.863. The van der Waals surface area contributed by atoms with Crippen LogP contribution in [0.5, 0.6) is 5.88 Å². The number of hydrogen-bond acceptors (Lipinski definition) is 8. The fourth-order valence-corrected chi connectivity index (χ4v) is 2.05. The summed E-state index contributed by atoms with van der Waals surface area (Å²) in [6.45, 7) is 1.19. The second-order valence-electron chi connectivity index (χ2n) is 4.64. The number of hydrogen-bond donors (Lipinski definition) is 1. The molecule has 2 aromatic rings. The first-order valence-corrected chi connectivity index (χ1v) is 6.28. The maximum absolute atomic E-state index is 6.29. The number of aromatic nitrogens is 4. The molecule has 1 aliphatic heterocycles. The van der Waals surface area contributed by atoms with Crippen molar-refractivity contribution in [3.05, 3.63) is 18.3 Å². The van der Waals surface area contributed by atoms with Gasteiger partial charge in [-0.3, -0.25) is 0 Å². The number of nitrogens with two attached hydrogens (primary N) is 1. The average molecular weight is 277 g/mol. The van der Waals surface area contributed by atoms with Crippen molar-refractivity contribution in [2.24, 2.45) is 5.73 Å². The Balaban J connectivity index is 1.89. The average Bonchev–Trinajstić information content (AvgIpc) is 2.99. The van der Waals surface area contributed by atoms with Crippen LogP contribution in [0.4, 0.5) is 0 Å². The summed E-state index contributed by atoms with van der Waals surface area (Å²) in [5.41, 5.74) is 6.20. The first-order chi connectivity index (χ1) is 9.71. The number of methoxy groups -OCH3 is 1. The molecule has 0 bridgehead atoms. The number of ether oxygens (including phenoxy) is 2. The van der Waals surface area contributed by atoms with E-state index >= 15 is 0 Å². The van der Waals surface area contributed by atoms with Gasteiger partial charge in [0, 0.05) is 19.3 Å². The summed E-state index contributed by atoms with van der Waals surface area (Å²) in [4.78, 5) is 12.4. The Kier molecular flexibility index (Phi) is 3.33. The zero-order valence-corrected chi connectivity index (χ0v) is 11.1. The molecule has 8 nitrogen and oxygen atoms in total. The van der Waals surface area contributed by atoms with E-state index in [0.717, 1.165) is 0 Å². The second-order valence-corrected chi connectivity index (χ2v) is 4.64. The van der Waals surface area contributed by atoms with E-state index in [4.69, 9.17) is 19.7 Å². The molecule has 1 saturated heterocycles. The highest BCUT2D eigenvalue weighted by atomic mass is 16.5. The molecule has 0 amide bonds. The molecular weight excluding hydrogens is 262 g/mol. The summed E-state index contributed by atoms with van der Waals surface area (Å²) >= 11 is 0. The molecule has 0 saturated carbocycles. The zero-order valence-electron chi connectivity index (χ0n) is 11.1. The van der Waals surface area contributed by atoms with Crippen LogP contribution < -0.4 is 10.5 Å². The Hall–Kier alpha value is -2.06. The van der Waals surface area contributed by atoms with Gasteiger partial charge in [-0.15, -0.1) is 0 Å². The predicted molar refractivity (Wildman–Crippen MR) is 67.8 cm³/mol.